The van der Waals surface area contributed by atoms with E-state index >= 15 is 0 Å². The van der Waals surface area contributed by atoms with Gasteiger partial charge in [-0.1, -0.05) is 20.3 Å². The molecule has 1 N–H and O–H groups in total. The highest BCUT2D eigenvalue weighted by atomic mass is 15.2. The van der Waals surface area contributed by atoms with E-state index in [1.807, 2.05) is 0 Å². The Morgan fingerprint density at radius 2 is 2.06 bits per heavy atom. The van der Waals surface area contributed by atoms with Gasteiger partial charge in [0.15, 0.2) is 0 Å². The van der Waals surface area contributed by atoms with E-state index in [0.29, 0.717) is 6.04 Å². The van der Waals surface area contributed by atoms with Gasteiger partial charge in [-0.05, 0) is 49.9 Å². The second-order valence-corrected chi connectivity index (χ2v) is 7.50. The summed E-state index contributed by atoms with van der Waals surface area (Å²) in [5.74, 6) is 3.96. The van der Waals surface area contributed by atoms with Crippen LogP contribution in [0.5, 0.6) is 0 Å². The highest BCUT2D eigenvalue weighted by Gasteiger charge is 2.41. The molecule has 0 amide bonds. The van der Waals surface area contributed by atoms with E-state index in [0.717, 1.165) is 29.7 Å². The first-order chi connectivity index (χ1) is 8.63. The molecule has 2 aliphatic carbocycles. The number of hydrogen-bond donors (Lipinski definition) is 1. The quantitative estimate of drug-likeness (QED) is 0.828. The maximum absolute atomic E-state index is 3.72. The normalized spacial score (nSPS) is 45.0. The van der Waals surface area contributed by atoms with Crippen LogP contribution in [0, 0.1) is 23.7 Å². The first-order valence-electron chi connectivity index (χ1n) is 8.11. The van der Waals surface area contributed by atoms with Crippen molar-refractivity contribution >= 4 is 0 Å². The van der Waals surface area contributed by atoms with E-state index < -0.39 is 0 Å². The predicted octanol–water partition coefficient (Wildman–Crippen LogP) is 2.74. The topological polar surface area (TPSA) is 15.3 Å². The lowest BCUT2D eigenvalue weighted by molar-refractivity contribution is 0.0912. The van der Waals surface area contributed by atoms with Crippen LogP contribution in [0.25, 0.3) is 0 Å². The minimum absolute atomic E-state index is 0.708. The largest absolute Gasteiger partial charge is 0.311 e. The standard InChI is InChI=1S/C16H30N2/c1-11(2)16-10-18(12(3)8-17-16)9-15-7-13-4-5-14(15)6-13/h11-17H,4-10H2,1-3H3. The summed E-state index contributed by atoms with van der Waals surface area (Å²) in [6.07, 6.45) is 6.16. The summed E-state index contributed by atoms with van der Waals surface area (Å²) in [4.78, 5) is 2.78. The van der Waals surface area contributed by atoms with Gasteiger partial charge in [0.2, 0.25) is 0 Å². The molecule has 2 saturated carbocycles. The van der Waals surface area contributed by atoms with Crippen molar-refractivity contribution in [2.45, 2.75) is 58.5 Å². The summed E-state index contributed by atoms with van der Waals surface area (Å²) < 4.78 is 0. The van der Waals surface area contributed by atoms with Gasteiger partial charge in [-0.15, -0.1) is 0 Å². The molecule has 18 heavy (non-hydrogen) atoms. The van der Waals surface area contributed by atoms with E-state index in [1.54, 1.807) is 6.42 Å². The van der Waals surface area contributed by atoms with Crippen LogP contribution in [-0.4, -0.2) is 36.6 Å². The maximum Gasteiger partial charge on any atom is 0.0218 e. The van der Waals surface area contributed by atoms with Crippen LogP contribution in [0.3, 0.4) is 0 Å². The molecular weight excluding hydrogens is 220 g/mol. The zero-order valence-corrected chi connectivity index (χ0v) is 12.4. The summed E-state index contributed by atoms with van der Waals surface area (Å²) in [6, 6.07) is 1.44. The molecule has 0 spiro atoms. The fraction of sp³-hybridized carbons (Fsp3) is 1.00. The summed E-state index contributed by atoms with van der Waals surface area (Å²) in [6.45, 7) is 10.9. The molecule has 3 aliphatic rings. The molecule has 2 bridgehead atoms. The van der Waals surface area contributed by atoms with Gasteiger partial charge in [0.1, 0.15) is 0 Å². The Bertz CT molecular complexity index is 289. The van der Waals surface area contributed by atoms with Gasteiger partial charge in [-0.2, -0.15) is 0 Å². The Morgan fingerprint density at radius 1 is 1.22 bits per heavy atom. The highest BCUT2D eigenvalue weighted by Crippen LogP contribution is 2.48. The van der Waals surface area contributed by atoms with Crippen LogP contribution >= 0.6 is 0 Å². The van der Waals surface area contributed by atoms with E-state index in [-0.39, 0.29) is 0 Å². The number of hydrogen-bond acceptors (Lipinski definition) is 2. The third-order valence-electron chi connectivity index (χ3n) is 5.89. The van der Waals surface area contributed by atoms with Gasteiger partial charge < -0.3 is 5.32 Å². The van der Waals surface area contributed by atoms with Gasteiger partial charge in [0.25, 0.3) is 0 Å². The lowest BCUT2D eigenvalue weighted by atomic mass is 9.87. The molecular formula is C16H30N2. The van der Waals surface area contributed by atoms with Crippen molar-refractivity contribution in [2.24, 2.45) is 23.7 Å². The molecule has 1 aliphatic heterocycles. The van der Waals surface area contributed by atoms with E-state index in [1.165, 1.54) is 38.9 Å². The van der Waals surface area contributed by atoms with Crippen molar-refractivity contribution in [3.05, 3.63) is 0 Å². The van der Waals surface area contributed by atoms with Crippen LogP contribution < -0.4 is 5.32 Å². The van der Waals surface area contributed by atoms with Crippen LogP contribution in [-0.2, 0) is 0 Å². The summed E-state index contributed by atoms with van der Waals surface area (Å²) in [5, 5.41) is 3.72. The Kier molecular flexibility index (Phi) is 3.68. The molecule has 0 aromatic carbocycles. The third kappa shape index (κ3) is 2.46. The van der Waals surface area contributed by atoms with Crippen molar-refractivity contribution in [2.75, 3.05) is 19.6 Å². The Morgan fingerprint density at radius 3 is 2.67 bits per heavy atom. The molecule has 2 heteroatoms. The Hall–Kier alpha value is -0.0800. The lowest BCUT2D eigenvalue weighted by Crippen LogP contribution is -2.58. The molecule has 104 valence electrons. The number of fused-ring (bicyclic) bond motifs is 2. The average molecular weight is 250 g/mol. The minimum atomic E-state index is 0.708. The van der Waals surface area contributed by atoms with Crippen molar-refractivity contribution in [1.29, 1.82) is 0 Å². The third-order valence-corrected chi connectivity index (χ3v) is 5.89. The van der Waals surface area contributed by atoms with E-state index in [9.17, 15) is 0 Å². The smallest absolute Gasteiger partial charge is 0.0218 e. The molecule has 3 rings (SSSR count). The van der Waals surface area contributed by atoms with E-state index in [4.69, 9.17) is 0 Å². The second-order valence-electron chi connectivity index (χ2n) is 7.50. The van der Waals surface area contributed by atoms with Gasteiger partial charge in [-0.3, -0.25) is 4.90 Å². The van der Waals surface area contributed by atoms with Gasteiger partial charge >= 0.3 is 0 Å². The predicted molar refractivity (Wildman–Crippen MR) is 76.6 cm³/mol. The number of piperazine rings is 1. The number of rotatable bonds is 3. The molecule has 0 aromatic heterocycles. The summed E-state index contributed by atoms with van der Waals surface area (Å²) >= 11 is 0. The van der Waals surface area contributed by atoms with Crippen molar-refractivity contribution in [3.63, 3.8) is 0 Å². The molecule has 5 unspecified atom stereocenters. The van der Waals surface area contributed by atoms with Gasteiger partial charge in [-0.25, -0.2) is 0 Å². The molecule has 0 radical (unpaired) electrons. The molecule has 1 saturated heterocycles. The fourth-order valence-corrected chi connectivity index (χ4v) is 4.55. The van der Waals surface area contributed by atoms with Crippen LogP contribution in [0.2, 0.25) is 0 Å². The SMILES string of the molecule is CC(C)C1CN(CC2CC3CCC2C3)C(C)CN1. The number of nitrogens with zero attached hydrogens (tertiary/aromatic N) is 1. The van der Waals surface area contributed by atoms with E-state index in [2.05, 4.69) is 31.0 Å². The Labute approximate surface area is 113 Å². The molecule has 0 aromatic rings. The molecule has 2 nitrogen and oxygen atoms in total. The van der Waals surface area contributed by atoms with Crippen molar-refractivity contribution in [1.82, 2.24) is 10.2 Å². The lowest BCUT2D eigenvalue weighted by Gasteiger charge is -2.42. The first-order valence-corrected chi connectivity index (χ1v) is 8.11. The monoisotopic (exact) mass is 250 g/mol. The second kappa shape index (κ2) is 5.13. The minimum Gasteiger partial charge on any atom is -0.311 e. The first kappa shape index (κ1) is 12.9. The maximum atomic E-state index is 3.72. The van der Waals surface area contributed by atoms with Crippen LogP contribution in [0.1, 0.15) is 46.5 Å². The highest BCUT2D eigenvalue weighted by molar-refractivity contribution is 4.94. The van der Waals surface area contributed by atoms with Crippen molar-refractivity contribution < 1.29 is 0 Å². The molecule has 1 heterocycles. The summed E-state index contributed by atoms with van der Waals surface area (Å²) in [5.41, 5.74) is 0. The number of nitrogens with one attached hydrogen (secondary N) is 1. The van der Waals surface area contributed by atoms with Gasteiger partial charge in [0, 0.05) is 31.7 Å². The van der Waals surface area contributed by atoms with Crippen LogP contribution in [0.4, 0.5) is 0 Å². The van der Waals surface area contributed by atoms with Crippen molar-refractivity contribution in [3.8, 4) is 0 Å². The zero-order valence-electron chi connectivity index (χ0n) is 12.4. The molecule has 5 atom stereocenters. The molecule has 3 fully saturated rings. The van der Waals surface area contributed by atoms with Crippen LogP contribution in [0.15, 0.2) is 0 Å². The zero-order chi connectivity index (χ0) is 12.7. The average Bonchev–Trinajstić information content (AvgIpc) is 2.93. The Balaban J connectivity index is 1.57. The van der Waals surface area contributed by atoms with Gasteiger partial charge in [0.05, 0.1) is 0 Å². The fourth-order valence-electron chi connectivity index (χ4n) is 4.55. The summed E-state index contributed by atoms with van der Waals surface area (Å²) in [7, 11) is 0.